The highest BCUT2D eigenvalue weighted by atomic mass is 35.5. The van der Waals surface area contributed by atoms with E-state index < -0.39 is 0 Å². The van der Waals surface area contributed by atoms with Gasteiger partial charge in [0.15, 0.2) is 0 Å². The molecule has 0 spiro atoms. The number of carbonyl (C=O) groups excluding carboxylic acids is 2. The smallest absolute Gasteiger partial charge is 0.273 e. The molecule has 2 aliphatic heterocycles. The minimum Gasteiger partial charge on any atom is -0.334 e. The summed E-state index contributed by atoms with van der Waals surface area (Å²) >= 11 is 6.05. The maximum absolute atomic E-state index is 13.7. The number of benzene rings is 2. The minimum atomic E-state index is -0.0393. The summed E-state index contributed by atoms with van der Waals surface area (Å²) in [5.41, 5.74) is 4.16. The van der Waals surface area contributed by atoms with Gasteiger partial charge in [-0.1, -0.05) is 35.9 Å². The summed E-state index contributed by atoms with van der Waals surface area (Å²) in [6.07, 6.45) is 2.25. The lowest BCUT2D eigenvalue weighted by Crippen LogP contribution is -2.62. The molecular formula is C25H23ClN4O2. The molecule has 0 bridgehead atoms. The lowest BCUT2D eigenvalue weighted by atomic mass is 9.99. The number of hydrogen-bond donors (Lipinski definition) is 0. The molecule has 2 amide bonds. The van der Waals surface area contributed by atoms with Crippen LogP contribution < -0.4 is 0 Å². The Morgan fingerprint density at radius 1 is 1.06 bits per heavy atom. The molecule has 162 valence electrons. The molecule has 3 aliphatic rings. The van der Waals surface area contributed by atoms with Crippen LogP contribution in [0.25, 0.3) is 5.69 Å². The predicted molar refractivity (Wildman–Crippen MR) is 121 cm³/mol. The van der Waals surface area contributed by atoms with E-state index in [0.717, 1.165) is 29.8 Å². The third-order valence-electron chi connectivity index (χ3n) is 6.82. The van der Waals surface area contributed by atoms with Gasteiger partial charge in [-0.15, -0.1) is 0 Å². The summed E-state index contributed by atoms with van der Waals surface area (Å²) in [5, 5.41) is 5.28. The molecule has 6 rings (SSSR count). The maximum atomic E-state index is 13.7. The normalized spacial score (nSPS) is 20.4. The number of aromatic nitrogens is 2. The van der Waals surface area contributed by atoms with Gasteiger partial charge < -0.3 is 9.80 Å². The van der Waals surface area contributed by atoms with Crippen molar-refractivity contribution in [3.63, 3.8) is 0 Å². The number of para-hydroxylation sites is 1. The van der Waals surface area contributed by atoms with Gasteiger partial charge in [0, 0.05) is 29.2 Å². The zero-order valence-corrected chi connectivity index (χ0v) is 18.5. The van der Waals surface area contributed by atoms with E-state index in [1.807, 2.05) is 42.2 Å². The van der Waals surface area contributed by atoms with Gasteiger partial charge >= 0.3 is 0 Å². The van der Waals surface area contributed by atoms with Crippen LogP contribution in [-0.2, 0) is 0 Å². The Bertz CT molecular complexity index is 1230. The van der Waals surface area contributed by atoms with E-state index in [9.17, 15) is 9.59 Å². The predicted octanol–water partition coefficient (Wildman–Crippen LogP) is 4.27. The number of rotatable bonds is 4. The Labute approximate surface area is 191 Å². The number of amides is 2. The van der Waals surface area contributed by atoms with Crippen molar-refractivity contribution in [2.24, 2.45) is 5.92 Å². The molecule has 0 radical (unpaired) electrons. The topological polar surface area (TPSA) is 58.4 Å². The van der Waals surface area contributed by atoms with Crippen LogP contribution in [0.1, 0.15) is 51.0 Å². The standard InChI is InChI=1S/C25H23ClN4O2/c1-15-21-22(16-10-11-16)29(25(32)23(21)30(27-15)19-8-3-2-4-9-19)20-13-28(14-20)24(31)17-6-5-7-18(26)12-17/h2-9,12,16,20,22H,10-11,13-14H2,1H3. The van der Waals surface area contributed by atoms with Crippen LogP contribution in [0.5, 0.6) is 0 Å². The van der Waals surface area contributed by atoms with E-state index in [-0.39, 0.29) is 23.9 Å². The average Bonchev–Trinajstić information content (AvgIpc) is 3.49. The first-order valence-electron chi connectivity index (χ1n) is 11.1. The lowest BCUT2D eigenvalue weighted by Gasteiger charge is -2.46. The molecule has 1 unspecified atom stereocenters. The van der Waals surface area contributed by atoms with Crippen LogP contribution in [0, 0.1) is 12.8 Å². The summed E-state index contributed by atoms with van der Waals surface area (Å²) in [5.74, 6) is 0.466. The van der Waals surface area contributed by atoms with Crippen molar-refractivity contribution in [3.05, 3.63) is 82.1 Å². The molecule has 3 aromatic rings. The fourth-order valence-electron chi connectivity index (χ4n) is 5.11. The van der Waals surface area contributed by atoms with Crippen LogP contribution in [-0.4, -0.2) is 50.5 Å². The van der Waals surface area contributed by atoms with Crippen LogP contribution in [0.4, 0.5) is 0 Å². The number of nitrogens with zero attached hydrogens (tertiary/aromatic N) is 4. The van der Waals surface area contributed by atoms with Crippen LogP contribution in [0.3, 0.4) is 0 Å². The monoisotopic (exact) mass is 446 g/mol. The molecular weight excluding hydrogens is 424 g/mol. The summed E-state index contributed by atoms with van der Waals surface area (Å²) in [4.78, 5) is 30.4. The molecule has 1 saturated carbocycles. The second kappa shape index (κ2) is 7.20. The van der Waals surface area contributed by atoms with Crippen molar-refractivity contribution in [2.75, 3.05) is 13.1 Å². The van der Waals surface area contributed by atoms with E-state index in [2.05, 4.69) is 0 Å². The highest BCUT2D eigenvalue weighted by Crippen LogP contribution is 2.52. The summed E-state index contributed by atoms with van der Waals surface area (Å²) in [6, 6.07) is 16.9. The Hall–Kier alpha value is -3.12. The molecule has 6 nitrogen and oxygen atoms in total. The van der Waals surface area contributed by atoms with Crippen LogP contribution in [0.15, 0.2) is 54.6 Å². The third kappa shape index (κ3) is 2.97. The van der Waals surface area contributed by atoms with Gasteiger partial charge in [-0.05, 0) is 56.0 Å². The fourth-order valence-corrected chi connectivity index (χ4v) is 5.30. The maximum Gasteiger partial charge on any atom is 0.273 e. The molecule has 1 aromatic heterocycles. The van der Waals surface area contributed by atoms with E-state index in [4.69, 9.17) is 16.7 Å². The van der Waals surface area contributed by atoms with Gasteiger partial charge in [0.05, 0.1) is 23.5 Å². The molecule has 2 aromatic carbocycles. The SMILES string of the molecule is Cc1nn(-c2ccccc2)c2c1C(C1CC1)N(C1CN(C(=O)c3cccc(Cl)c3)C1)C2=O. The third-order valence-corrected chi connectivity index (χ3v) is 7.06. The molecule has 3 heterocycles. The molecule has 1 aliphatic carbocycles. The highest BCUT2D eigenvalue weighted by Gasteiger charge is 2.53. The number of hydrogen-bond acceptors (Lipinski definition) is 3. The summed E-state index contributed by atoms with van der Waals surface area (Å²) < 4.78 is 1.80. The lowest BCUT2D eigenvalue weighted by molar-refractivity contribution is 0.0115. The number of halogens is 1. The van der Waals surface area contributed by atoms with Gasteiger partial charge in [-0.2, -0.15) is 5.10 Å². The van der Waals surface area contributed by atoms with Crippen LogP contribution in [0.2, 0.25) is 5.02 Å². The van der Waals surface area contributed by atoms with Crippen molar-refractivity contribution in [2.45, 2.75) is 31.8 Å². The van der Waals surface area contributed by atoms with Gasteiger partial charge in [0.2, 0.25) is 0 Å². The van der Waals surface area contributed by atoms with E-state index in [0.29, 0.717) is 35.3 Å². The first kappa shape index (κ1) is 19.6. The number of aryl methyl sites for hydroxylation is 1. The molecule has 32 heavy (non-hydrogen) atoms. The fraction of sp³-hybridized carbons (Fsp3) is 0.320. The first-order valence-corrected chi connectivity index (χ1v) is 11.4. The second-order valence-corrected chi connectivity index (χ2v) is 9.40. The van der Waals surface area contributed by atoms with Gasteiger partial charge in [-0.3, -0.25) is 9.59 Å². The molecule has 7 heteroatoms. The number of fused-ring (bicyclic) bond motifs is 1. The quantitative estimate of drug-likeness (QED) is 0.601. The first-order chi connectivity index (χ1) is 15.5. The molecule has 1 atom stereocenters. The largest absolute Gasteiger partial charge is 0.334 e. The average molecular weight is 447 g/mol. The number of likely N-dealkylation sites (tertiary alicyclic amines) is 1. The van der Waals surface area contributed by atoms with Gasteiger partial charge in [-0.25, -0.2) is 4.68 Å². The summed E-state index contributed by atoms with van der Waals surface area (Å²) in [6.45, 7) is 3.09. The Morgan fingerprint density at radius 2 is 1.81 bits per heavy atom. The van der Waals surface area contributed by atoms with Crippen molar-refractivity contribution in [1.82, 2.24) is 19.6 Å². The van der Waals surface area contributed by atoms with Crippen molar-refractivity contribution < 1.29 is 9.59 Å². The van der Waals surface area contributed by atoms with Gasteiger partial charge in [0.25, 0.3) is 11.8 Å². The molecule has 2 fully saturated rings. The van der Waals surface area contributed by atoms with Crippen molar-refractivity contribution in [3.8, 4) is 5.69 Å². The zero-order valence-electron chi connectivity index (χ0n) is 17.7. The Balaban J connectivity index is 1.29. The second-order valence-electron chi connectivity index (χ2n) is 8.96. The van der Waals surface area contributed by atoms with Gasteiger partial charge in [0.1, 0.15) is 5.69 Å². The van der Waals surface area contributed by atoms with Crippen molar-refractivity contribution in [1.29, 1.82) is 0 Å². The Morgan fingerprint density at radius 3 is 2.50 bits per heavy atom. The van der Waals surface area contributed by atoms with E-state index >= 15 is 0 Å². The summed E-state index contributed by atoms with van der Waals surface area (Å²) in [7, 11) is 0. The Kier molecular flexibility index (Phi) is 4.40. The minimum absolute atomic E-state index is 0.0206. The molecule has 1 saturated heterocycles. The van der Waals surface area contributed by atoms with E-state index in [1.165, 1.54) is 0 Å². The number of carbonyl (C=O) groups is 2. The van der Waals surface area contributed by atoms with Crippen molar-refractivity contribution >= 4 is 23.4 Å². The highest BCUT2D eigenvalue weighted by molar-refractivity contribution is 6.31. The van der Waals surface area contributed by atoms with Crippen LogP contribution >= 0.6 is 11.6 Å². The zero-order chi connectivity index (χ0) is 22.0. The molecule has 0 N–H and O–H groups in total. The van der Waals surface area contributed by atoms with E-state index in [1.54, 1.807) is 33.8 Å².